The monoisotopic (exact) mass is 278 g/mol. The van der Waals surface area contributed by atoms with Crippen LogP contribution in [0.25, 0.3) is 0 Å². The molecule has 0 saturated carbocycles. The van der Waals surface area contributed by atoms with E-state index < -0.39 is 10.8 Å². The van der Waals surface area contributed by atoms with Gasteiger partial charge in [-0.25, -0.2) is 0 Å². The van der Waals surface area contributed by atoms with Gasteiger partial charge in [-0.05, 0) is 36.8 Å². The molecule has 2 aromatic rings. The molecule has 0 aliphatic carbocycles. The van der Waals surface area contributed by atoms with Gasteiger partial charge in [-0.15, -0.1) is 0 Å². The topological polar surface area (TPSA) is 92.5 Å². The van der Waals surface area contributed by atoms with E-state index in [0.717, 1.165) is 11.3 Å². The Kier molecular flexibility index (Phi) is 3.48. The number of carbonyl (C=O) groups is 1. The summed E-state index contributed by atoms with van der Waals surface area (Å²) >= 11 is 0.817. The Morgan fingerprint density at radius 2 is 2.11 bits per heavy atom. The maximum absolute atomic E-state index is 11.9. The van der Waals surface area contributed by atoms with Crippen molar-refractivity contribution in [1.29, 1.82) is 0 Å². The molecule has 2 rings (SSSR count). The molecule has 1 amide bonds. The molecule has 7 heteroatoms. The lowest BCUT2D eigenvalue weighted by molar-refractivity contribution is -0.380. The van der Waals surface area contributed by atoms with Crippen LogP contribution in [0.5, 0.6) is 5.75 Å². The Hall–Kier alpha value is -2.41. The maximum atomic E-state index is 11.9. The van der Waals surface area contributed by atoms with Crippen LogP contribution >= 0.6 is 11.3 Å². The zero-order chi connectivity index (χ0) is 14.0. The van der Waals surface area contributed by atoms with Gasteiger partial charge in [-0.2, -0.15) is 0 Å². The summed E-state index contributed by atoms with van der Waals surface area (Å²) in [6.07, 6.45) is 0. The van der Waals surface area contributed by atoms with Gasteiger partial charge in [0.1, 0.15) is 5.75 Å². The van der Waals surface area contributed by atoms with Gasteiger partial charge in [0.15, 0.2) is 0 Å². The number of phenols is 1. The minimum absolute atomic E-state index is 0.0763. The smallest absolute Gasteiger partial charge is 0.324 e. The first-order valence-corrected chi connectivity index (χ1v) is 6.14. The third-order valence-corrected chi connectivity index (χ3v) is 3.49. The molecule has 1 aromatic heterocycles. The number of nitrogens with zero attached hydrogens (tertiary/aromatic N) is 1. The van der Waals surface area contributed by atoms with E-state index in [1.807, 2.05) is 0 Å². The summed E-state index contributed by atoms with van der Waals surface area (Å²) < 4.78 is 0. The van der Waals surface area contributed by atoms with Crippen LogP contribution in [-0.2, 0) is 0 Å². The molecule has 0 aliphatic heterocycles. The highest BCUT2D eigenvalue weighted by Crippen LogP contribution is 2.26. The lowest BCUT2D eigenvalue weighted by Gasteiger charge is -2.07. The second kappa shape index (κ2) is 5.07. The first-order chi connectivity index (χ1) is 8.97. The van der Waals surface area contributed by atoms with Crippen molar-refractivity contribution in [3.8, 4) is 5.75 Å². The number of rotatable bonds is 3. The summed E-state index contributed by atoms with van der Waals surface area (Å²) in [7, 11) is 0. The van der Waals surface area contributed by atoms with Crippen molar-refractivity contribution in [3.05, 3.63) is 50.9 Å². The fraction of sp³-hybridized carbons (Fsp3) is 0.0833. The third-order valence-electron chi connectivity index (χ3n) is 2.45. The van der Waals surface area contributed by atoms with Crippen molar-refractivity contribution >= 4 is 27.9 Å². The predicted octanol–water partition coefficient (Wildman–Crippen LogP) is 2.92. The number of hydrogen-bond acceptors (Lipinski definition) is 5. The SMILES string of the molecule is Cc1cc(O)ccc1NC(=O)c1ccc([N+](=O)[O-])s1. The van der Waals surface area contributed by atoms with Crippen LogP contribution in [0, 0.1) is 17.0 Å². The molecule has 0 atom stereocenters. The fourth-order valence-corrected chi connectivity index (χ4v) is 2.24. The zero-order valence-electron chi connectivity index (χ0n) is 9.91. The van der Waals surface area contributed by atoms with Crippen molar-refractivity contribution in [2.75, 3.05) is 5.32 Å². The molecule has 1 aromatic carbocycles. The fourth-order valence-electron chi connectivity index (χ4n) is 1.52. The van der Waals surface area contributed by atoms with Crippen LogP contribution in [-0.4, -0.2) is 15.9 Å². The minimum Gasteiger partial charge on any atom is -0.508 e. The summed E-state index contributed by atoms with van der Waals surface area (Å²) in [6.45, 7) is 1.74. The maximum Gasteiger partial charge on any atom is 0.324 e. The average Bonchev–Trinajstić information content (AvgIpc) is 2.82. The number of amides is 1. The van der Waals surface area contributed by atoms with Gasteiger partial charge in [0.05, 0.1) is 9.80 Å². The third kappa shape index (κ3) is 2.89. The average molecular weight is 278 g/mol. The molecule has 0 radical (unpaired) electrons. The molecule has 0 saturated heterocycles. The molecule has 1 heterocycles. The standard InChI is InChI=1S/C12H10N2O4S/c1-7-6-8(15)2-3-9(7)13-12(16)10-4-5-11(19-10)14(17)18/h2-6,15H,1H3,(H,13,16). The van der Waals surface area contributed by atoms with E-state index in [9.17, 15) is 20.0 Å². The van der Waals surface area contributed by atoms with Crippen molar-refractivity contribution < 1.29 is 14.8 Å². The van der Waals surface area contributed by atoms with Crippen LogP contribution in [0.4, 0.5) is 10.7 Å². The Bertz CT molecular complexity index is 651. The van der Waals surface area contributed by atoms with Crippen molar-refractivity contribution in [1.82, 2.24) is 0 Å². The van der Waals surface area contributed by atoms with Gasteiger partial charge < -0.3 is 10.4 Å². The van der Waals surface area contributed by atoms with Crippen molar-refractivity contribution in [2.24, 2.45) is 0 Å². The van der Waals surface area contributed by atoms with E-state index in [-0.39, 0.29) is 15.6 Å². The molecule has 0 spiro atoms. The minimum atomic E-state index is -0.534. The summed E-state index contributed by atoms with van der Waals surface area (Å²) in [6, 6.07) is 7.26. The van der Waals surface area contributed by atoms with E-state index in [2.05, 4.69) is 5.32 Å². The normalized spacial score (nSPS) is 10.2. The molecule has 0 bridgehead atoms. The quantitative estimate of drug-likeness (QED) is 0.513. The number of carbonyl (C=O) groups excluding carboxylic acids is 1. The first-order valence-electron chi connectivity index (χ1n) is 5.32. The molecule has 19 heavy (non-hydrogen) atoms. The molecule has 6 nitrogen and oxygen atoms in total. The van der Waals surface area contributed by atoms with Gasteiger partial charge in [0.2, 0.25) is 0 Å². The number of thiophene rings is 1. The highest BCUT2D eigenvalue weighted by Gasteiger charge is 2.15. The Labute approximate surface area is 112 Å². The predicted molar refractivity (Wildman–Crippen MR) is 71.8 cm³/mol. The molecule has 0 unspecified atom stereocenters. The summed E-state index contributed by atoms with van der Waals surface area (Å²) in [5, 5.41) is 22.4. The van der Waals surface area contributed by atoms with E-state index in [1.54, 1.807) is 13.0 Å². The highest BCUT2D eigenvalue weighted by atomic mass is 32.1. The van der Waals surface area contributed by atoms with E-state index in [1.165, 1.54) is 24.3 Å². The number of nitro groups is 1. The van der Waals surface area contributed by atoms with Gasteiger partial charge in [0, 0.05) is 11.8 Å². The molecule has 0 fully saturated rings. The molecule has 98 valence electrons. The van der Waals surface area contributed by atoms with E-state index in [4.69, 9.17) is 0 Å². The number of benzene rings is 1. The summed E-state index contributed by atoms with van der Waals surface area (Å²) in [5.74, 6) is -0.297. The number of anilines is 1. The lowest BCUT2D eigenvalue weighted by atomic mass is 10.2. The second-order valence-electron chi connectivity index (χ2n) is 3.85. The number of aromatic hydroxyl groups is 1. The lowest BCUT2D eigenvalue weighted by Crippen LogP contribution is -2.10. The highest BCUT2D eigenvalue weighted by molar-refractivity contribution is 7.17. The Balaban J connectivity index is 2.18. The van der Waals surface area contributed by atoms with Gasteiger partial charge in [0.25, 0.3) is 5.91 Å². The van der Waals surface area contributed by atoms with Gasteiger partial charge in [-0.3, -0.25) is 14.9 Å². The van der Waals surface area contributed by atoms with Crippen molar-refractivity contribution in [3.63, 3.8) is 0 Å². The van der Waals surface area contributed by atoms with E-state index >= 15 is 0 Å². The van der Waals surface area contributed by atoms with Gasteiger partial charge >= 0.3 is 5.00 Å². The summed E-state index contributed by atoms with van der Waals surface area (Å²) in [5.41, 5.74) is 1.26. The summed E-state index contributed by atoms with van der Waals surface area (Å²) in [4.78, 5) is 22.2. The van der Waals surface area contributed by atoms with E-state index in [0.29, 0.717) is 11.3 Å². The van der Waals surface area contributed by atoms with Crippen LogP contribution in [0.2, 0.25) is 0 Å². The van der Waals surface area contributed by atoms with Gasteiger partial charge in [-0.1, -0.05) is 11.3 Å². The molecular formula is C12H10N2O4S. The van der Waals surface area contributed by atoms with Crippen LogP contribution in [0.15, 0.2) is 30.3 Å². The first kappa shape index (κ1) is 13.0. The molecule has 2 N–H and O–H groups in total. The van der Waals surface area contributed by atoms with Crippen LogP contribution in [0.1, 0.15) is 15.2 Å². The van der Waals surface area contributed by atoms with Crippen LogP contribution in [0.3, 0.4) is 0 Å². The Morgan fingerprint density at radius 1 is 1.37 bits per heavy atom. The number of hydrogen-bond donors (Lipinski definition) is 2. The molecule has 0 aliphatic rings. The second-order valence-corrected chi connectivity index (χ2v) is 4.91. The number of nitrogens with one attached hydrogen (secondary N) is 1. The number of phenolic OH excluding ortho intramolecular Hbond substituents is 1. The zero-order valence-corrected chi connectivity index (χ0v) is 10.7. The largest absolute Gasteiger partial charge is 0.508 e. The van der Waals surface area contributed by atoms with Crippen molar-refractivity contribution in [2.45, 2.75) is 6.92 Å². The Morgan fingerprint density at radius 3 is 2.68 bits per heavy atom. The number of aryl methyl sites for hydroxylation is 1. The van der Waals surface area contributed by atoms with Crippen LogP contribution < -0.4 is 5.32 Å². The molecular weight excluding hydrogens is 268 g/mol.